The van der Waals surface area contributed by atoms with E-state index in [1.54, 1.807) is 41.2 Å². The predicted octanol–water partition coefficient (Wildman–Crippen LogP) is 1.85. The summed E-state index contributed by atoms with van der Waals surface area (Å²) in [4.78, 5) is 22.9. The molecule has 0 aliphatic rings. The number of aromatic nitrogens is 2. The van der Waals surface area contributed by atoms with Crippen LogP contribution in [0.2, 0.25) is 0 Å². The Morgan fingerprint density at radius 1 is 1.32 bits per heavy atom. The van der Waals surface area contributed by atoms with Crippen LogP contribution in [-0.4, -0.2) is 20.2 Å². The minimum atomic E-state index is -0.885. The van der Waals surface area contributed by atoms with Gasteiger partial charge in [0.25, 0.3) is 0 Å². The van der Waals surface area contributed by atoms with Gasteiger partial charge < -0.3 is 5.11 Å². The molecule has 0 saturated carbocycles. The molecule has 0 saturated heterocycles. The van der Waals surface area contributed by atoms with Crippen molar-refractivity contribution in [3.05, 3.63) is 52.7 Å². The zero-order valence-corrected chi connectivity index (χ0v) is 10.9. The monoisotopic (exact) mass is 260 g/mol. The van der Waals surface area contributed by atoms with Crippen molar-refractivity contribution >= 4 is 5.97 Å². The summed E-state index contributed by atoms with van der Waals surface area (Å²) in [7, 11) is 0. The van der Waals surface area contributed by atoms with Crippen molar-refractivity contribution in [2.24, 2.45) is 0 Å². The highest BCUT2D eigenvalue weighted by molar-refractivity contribution is 5.70. The van der Waals surface area contributed by atoms with Crippen molar-refractivity contribution in [1.29, 1.82) is 0 Å². The predicted molar refractivity (Wildman–Crippen MR) is 71.8 cm³/mol. The second-order valence-electron chi connectivity index (χ2n) is 4.69. The summed E-state index contributed by atoms with van der Waals surface area (Å²) < 4.78 is 3.15. The van der Waals surface area contributed by atoms with E-state index < -0.39 is 5.97 Å². The number of hydrogen-bond acceptors (Lipinski definition) is 2. The molecule has 5 nitrogen and oxygen atoms in total. The molecule has 19 heavy (non-hydrogen) atoms. The molecule has 0 aliphatic heterocycles. The van der Waals surface area contributed by atoms with E-state index in [0.717, 1.165) is 0 Å². The average molecular weight is 260 g/mol. The first-order valence-corrected chi connectivity index (χ1v) is 6.09. The zero-order valence-electron chi connectivity index (χ0n) is 10.9. The van der Waals surface area contributed by atoms with Crippen LogP contribution >= 0.6 is 0 Å². The van der Waals surface area contributed by atoms with Crippen LogP contribution in [0.25, 0.3) is 5.69 Å². The van der Waals surface area contributed by atoms with Crippen LogP contribution in [0.3, 0.4) is 0 Å². The van der Waals surface area contributed by atoms with Crippen molar-refractivity contribution in [2.75, 3.05) is 0 Å². The number of carboxylic acids is 1. The highest BCUT2D eigenvalue weighted by atomic mass is 16.4. The summed E-state index contributed by atoms with van der Waals surface area (Å²) in [5.74, 6) is -0.885. The van der Waals surface area contributed by atoms with E-state index in [9.17, 15) is 9.59 Å². The molecule has 0 aliphatic carbocycles. The van der Waals surface area contributed by atoms with E-state index in [1.807, 2.05) is 13.8 Å². The first-order chi connectivity index (χ1) is 8.99. The van der Waals surface area contributed by atoms with Gasteiger partial charge >= 0.3 is 11.7 Å². The Balaban J connectivity index is 2.42. The molecule has 1 aromatic carbocycles. The van der Waals surface area contributed by atoms with Gasteiger partial charge in [-0.3, -0.25) is 13.9 Å². The lowest BCUT2D eigenvalue weighted by atomic mass is 10.1. The SMILES string of the molecule is CC(C)n1ccn(-c2cccc(CC(=O)O)c2)c1=O. The van der Waals surface area contributed by atoms with Gasteiger partial charge in [0.1, 0.15) is 0 Å². The maximum Gasteiger partial charge on any atom is 0.332 e. The van der Waals surface area contributed by atoms with E-state index in [-0.39, 0.29) is 18.2 Å². The molecule has 100 valence electrons. The van der Waals surface area contributed by atoms with Gasteiger partial charge in [0.15, 0.2) is 0 Å². The highest BCUT2D eigenvalue weighted by Crippen LogP contribution is 2.10. The van der Waals surface area contributed by atoms with Gasteiger partial charge in [0.05, 0.1) is 12.1 Å². The fourth-order valence-electron chi connectivity index (χ4n) is 1.97. The summed E-state index contributed by atoms with van der Waals surface area (Å²) in [5.41, 5.74) is 1.24. The molecular weight excluding hydrogens is 244 g/mol. The summed E-state index contributed by atoms with van der Waals surface area (Å²) in [6, 6.07) is 7.10. The van der Waals surface area contributed by atoms with Gasteiger partial charge in [-0.2, -0.15) is 0 Å². The summed E-state index contributed by atoms with van der Waals surface area (Å²) >= 11 is 0. The molecule has 0 bridgehead atoms. The number of benzene rings is 1. The van der Waals surface area contributed by atoms with Crippen LogP contribution < -0.4 is 5.69 Å². The minimum Gasteiger partial charge on any atom is -0.481 e. The Kier molecular flexibility index (Phi) is 3.55. The molecule has 1 aromatic heterocycles. The Bertz CT molecular complexity index is 653. The lowest BCUT2D eigenvalue weighted by molar-refractivity contribution is -0.136. The van der Waals surface area contributed by atoms with Gasteiger partial charge in [-0.05, 0) is 31.5 Å². The third-order valence-corrected chi connectivity index (χ3v) is 2.90. The Labute approximate surface area is 110 Å². The second kappa shape index (κ2) is 5.14. The molecular formula is C14H16N2O3. The molecule has 1 N–H and O–H groups in total. The Hall–Kier alpha value is -2.30. The van der Waals surface area contributed by atoms with Crippen LogP contribution in [-0.2, 0) is 11.2 Å². The fraction of sp³-hybridized carbons (Fsp3) is 0.286. The van der Waals surface area contributed by atoms with Gasteiger partial charge in [-0.25, -0.2) is 4.79 Å². The van der Waals surface area contributed by atoms with Crippen LogP contribution in [0.5, 0.6) is 0 Å². The number of carboxylic acid groups (broad SMARTS) is 1. The average Bonchev–Trinajstić information content (AvgIpc) is 2.70. The normalized spacial score (nSPS) is 10.9. The molecule has 2 rings (SSSR count). The van der Waals surface area contributed by atoms with Crippen molar-refractivity contribution in [3.63, 3.8) is 0 Å². The third-order valence-electron chi connectivity index (χ3n) is 2.90. The van der Waals surface area contributed by atoms with Crippen molar-refractivity contribution in [1.82, 2.24) is 9.13 Å². The van der Waals surface area contributed by atoms with Crippen LogP contribution in [0.1, 0.15) is 25.5 Å². The van der Waals surface area contributed by atoms with E-state index in [2.05, 4.69) is 0 Å². The van der Waals surface area contributed by atoms with E-state index >= 15 is 0 Å². The zero-order chi connectivity index (χ0) is 14.0. The van der Waals surface area contributed by atoms with Gasteiger partial charge in [0.2, 0.25) is 0 Å². The topological polar surface area (TPSA) is 64.2 Å². The number of nitrogens with zero attached hydrogens (tertiary/aromatic N) is 2. The number of aliphatic carboxylic acids is 1. The molecule has 0 radical (unpaired) electrons. The molecule has 0 amide bonds. The van der Waals surface area contributed by atoms with Crippen LogP contribution in [0, 0.1) is 0 Å². The van der Waals surface area contributed by atoms with Gasteiger partial charge in [0, 0.05) is 18.4 Å². The number of imidazole rings is 1. The molecule has 0 unspecified atom stereocenters. The lowest BCUT2D eigenvalue weighted by Gasteiger charge is -2.06. The second-order valence-corrected chi connectivity index (χ2v) is 4.69. The minimum absolute atomic E-state index is 0.0481. The maximum atomic E-state index is 12.2. The van der Waals surface area contributed by atoms with E-state index in [4.69, 9.17) is 5.11 Å². The first-order valence-electron chi connectivity index (χ1n) is 6.09. The summed E-state index contributed by atoms with van der Waals surface area (Å²) in [6.45, 7) is 3.87. The third kappa shape index (κ3) is 2.76. The van der Waals surface area contributed by atoms with Crippen LogP contribution in [0.4, 0.5) is 0 Å². The number of carbonyl (C=O) groups is 1. The highest BCUT2D eigenvalue weighted by Gasteiger charge is 2.08. The molecule has 0 fully saturated rings. The van der Waals surface area contributed by atoms with Gasteiger partial charge in [-0.15, -0.1) is 0 Å². The van der Waals surface area contributed by atoms with Gasteiger partial charge in [-0.1, -0.05) is 12.1 Å². The molecule has 0 atom stereocenters. The molecule has 2 aromatic rings. The Morgan fingerprint density at radius 2 is 2.05 bits per heavy atom. The quantitative estimate of drug-likeness (QED) is 0.912. The first kappa shape index (κ1) is 13.1. The molecule has 1 heterocycles. The van der Waals surface area contributed by atoms with E-state index in [0.29, 0.717) is 11.3 Å². The molecule has 0 spiro atoms. The molecule has 5 heteroatoms. The van der Waals surface area contributed by atoms with Crippen LogP contribution in [0.15, 0.2) is 41.5 Å². The smallest absolute Gasteiger partial charge is 0.332 e. The van der Waals surface area contributed by atoms with Crippen molar-refractivity contribution in [2.45, 2.75) is 26.3 Å². The van der Waals surface area contributed by atoms with E-state index in [1.165, 1.54) is 4.57 Å². The standard InChI is InChI=1S/C14H16N2O3/c1-10(2)15-6-7-16(14(15)19)12-5-3-4-11(8-12)9-13(17)18/h3-8,10H,9H2,1-2H3,(H,17,18). The number of hydrogen-bond donors (Lipinski definition) is 1. The maximum absolute atomic E-state index is 12.2. The summed E-state index contributed by atoms with van der Waals surface area (Å²) in [5, 5.41) is 8.79. The van der Waals surface area contributed by atoms with Crippen molar-refractivity contribution in [3.8, 4) is 5.69 Å². The van der Waals surface area contributed by atoms with Crippen molar-refractivity contribution < 1.29 is 9.90 Å². The Morgan fingerprint density at radius 3 is 2.63 bits per heavy atom. The lowest BCUT2D eigenvalue weighted by Crippen LogP contribution is -2.24. The largest absolute Gasteiger partial charge is 0.481 e. The fourth-order valence-corrected chi connectivity index (χ4v) is 1.97. The summed E-state index contributed by atoms with van der Waals surface area (Å²) in [6.07, 6.45) is 3.38. The number of rotatable bonds is 4.